The van der Waals surface area contributed by atoms with Gasteiger partial charge in [0.1, 0.15) is 0 Å². The van der Waals surface area contributed by atoms with Crippen LogP contribution in [-0.2, 0) is 11.3 Å². The fourth-order valence-electron chi connectivity index (χ4n) is 3.23. The number of hydrogen-bond donors (Lipinski definition) is 0. The maximum atomic E-state index is 14.0. The number of likely N-dealkylation sites (tertiary alicyclic amines) is 1. The van der Waals surface area contributed by atoms with E-state index in [1.165, 1.54) is 13.2 Å². The highest BCUT2D eigenvalue weighted by Gasteiger charge is 2.20. The van der Waals surface area contributed by atoms with Crippen molar-refractivity contribution in [1.82, 2.24) is 9.88 Å². The summed E-state index contributed by atoms with van der Waals surface area (Å²) >= 11 is 0. The van der Waals surface area contributed by atoms with Gasteiger partial charge in [0, 0.05) is 32.0 Å². The molecule has 1 aliphatic heterocycles. The Bertz CT molecular complexity index is 693. The number of piperidine rings is 1. The minimum Gasteiger partial charge on any atom is -0.494 e. The third-order valence-electron chi connectivity index (χ3n) is 4.51. The lowest BCUT2D eigenvalue weighted by atomic mass is 10.0. The molecule has 0 bridgehead atoms. The van der Waals surface area contributed by atoms with Gasteiger partial charge < -0.3 is 9.47 Å². The molecular weight excluding hydrogens is 307 g/mol. The van der Waals surface area contributed by atoms with E-state index in [0.29, 0.717) is 0 Å². The number of benzene rings is 1. The van der Waals surface area contributed by atoms with Gasteiger partial charge in [-0.15, -0.1) is 0 Å². The van der Waals surface area contributed by atoms with Crippen molar-refractivity contribution in [2.75, 3.05) is 27.3 Å². The molecule has 0 radical (unpaired) electrons. The van der Waals surface area contributed by atoms with Crippen LogP contribution in [0.4, 0.5) is 4.39 Å². The van der Waals surface area contributed by atoms with Gasteiger partial charge in [0.25, 0.3) is 0 Å². The summed E-state index contributed by atoms with van der Waals surface area (Å²) in [6.45, 7) is 2.75. The predicted octanol–water partition coefficient (Wildman–Crippen LogP) is 3.51. The number of rotatable bonds is 5. The third kappa shape index (κ3) is 3.74. The Hall–Kier alpha value is -1.98. The number of halogens is 1. The van der Waals surface area contributed by atoms with Gasteiger partial charge in [-0.1, -0.05) is 6.07 Å². The van der Waals surface area contributed by atoms with E-state index in [1.54, 1.807) is 19.4 Å². The maximum Gasteiger partial charge on any atom is 0.165 e. The fraction of sp³-hybridized carbons (Fsp3) is 0.421. The van der Waals surface area contributed by atoms with E-state index < -0.39 is 0 Å². The van der Waals surface area contributed by atoms with Gasteiger partial charge in [-0.3, -0.25) is 9.88 Å². The molecule has 3 rings (SSSR count). The molecule has 1 saturated heterocycles. The smallest absolute Gasteiger partial charge is 0.165 e. The van der Waals surface area contributed by atoms with Crippen LogP contribution in [0.5, 0.6) is 5.75 Å². The van der Waals surface area contributed by atoms with Crippen molar-refractivity contribution in [2.45, 2.75) is 25.5 Å². The maximum absolute atomic E-state index is 14.0. The Morgan fingerprint density at radius 2 is 2.17 bits per heavy atom. The lowest BCUT2D eigenvalue weighted by Crippen LogP contribution is -2.38. The molecule has 0 N–H and O–H groups in total. The lowest BCUT2D eigenvalue weighted by Gasteiger charge is -2.32. The molecule has 1 unspecified atom stereocenters. The zero-order valence-electron chi connectivity index (χ0n) is 14.2. The molecule has 0 spiro atoms. The number of hydrogen-bond acceptors (Lipinski definition) is 4. The average Bonchev–Trinajstić information content (AvgIpc) is 2.62. The molecule has 2 heterocycles. The SMILES string of the molecule is COc1ccc(-c2ncccc2CN2CCCC(OC)C2)cc1F. The van der Waals surface area contributed by atoms with Crippen LogP contribution in [0.25, 0.3) is 11.3 Å². The van der Waals surface area contributed by atoms with Gasteiger partial charge in [-0.05, 0) is 49.2 Å². The van der Waals surface area contributed by atoms with Crippen LogP contribution in [0.15, 0.2) is 36.5 Å². The van der Waals surface area contributed by atoms with Gasteiger partial charge in [0.05, 0.1) is 18.9 Å². The highest BCUT2D eigenvalue weighted by Crippen LogP contribution is 2.27. The van der Waals surface area contributed by atoms with Gasteiger partial charge >= 0.3 is 0 Å². The first-order valence-corrected chi connectivity index (χ1v) is 8.24. The normalized spacial score (nSPS) is 18.5. The summed E-state index contributed by atoms with van der Waals surface area (Å²) < 4.78 is 24.5. The van der Waals surface area contributed by atoms with E-state index in [4.69, 9.17) is 9.47 Å². The highest BCUT2D eigenvalue weighted by atomic mass is 19.1. The van der Waals surface area contributed by atoms with E-state index >= 15 is 0 Å². The van der Waals surface area contributed by atoms with Gasteiger partial charge in [-0.25, -0.2) is 4.39 Å². The molecule has 1 aromatic heterocycles. The number of ether oxygens (including phenoxy) is 2. The predicted molar refractivity (Wildman–Crippen MR) is 91.5 cm³/mol. The van der Waals surface area contributed by atoms with E-state index in [-0.39, 0.29) is 17.7 Å². The van der Waals surface area contributed by atoms with E-state index in [2.05, 4.69) is 16.0 Å². The van der Waals surface area contributed by atoms with Gasteiger partial charge in [0.15, 0.2) is 11.6 Å². The van der Waals surface area contributed by atoms with Crippen LogP contribution in [0.2, 0.25) is 0 Å². The van der Waals surface area contributed by atoms with E-state index in [0.717, 1.165) is 49.3 Å². The van der Waals surface area contributed by atoms with Crippen molar-refractivity contribution in [2.24, 2.45) is 0 Å². The molecule has 1 fully saturated rings. The van der Waals surface area contributed by atoms with Crippen molar-refractivity contribution in [3.8, 4) is 17.0 Å². The topological polar surface area (TPSA) is 34.6 Å². The Labute approximate surface area is 142 Å². The summed E-state index contributed by atoms with van der Waals surface area (Å²) in [6.07, 6.45) is 4.27. The first-order valence-electron chi connectivity index (χ1n) is 8.24. The lowest BCUT2D eigenvalue weighted by molar-refractivity contribution is 0.0286. The summed E-state index contributed by atoms with van der Waals surface area (Å²) in [5.74, 6) is -0.126. The number of aromatic nitrogens is 1. The quantitative estimate of drug-likeness (QED) is 0.840. The minimum absolute atomic E-state index is 0.246. The Morgan fingerprint density at radius 1 is 1.29 bits per heavy atom. The molecule has 1 atom stereocenters. The molecule has 1 aromatic carbocycles. The fourth-order valence-corrected chi connectivity index (χ4v) is 3.23. The average molecular weight is 330 g/mol. The van der Waals surface area contributed by atoms with Crippen molar-refractivity contribution < 1.29 is 13.9 Å². The minimum atomic E-state index is -0.371. The van der Waals surface area contributed by atoms with Crippen molar-refractivity contribution in [1.29, 1.82) is 0 Å². The second kappa shape index (κ2) is 7.73. The molecule has 0 saturated carbocycles. The summed E-state index contributed by atoms with van der Waals surface area (Å²) in [5.41, 5.74) is 2.68. The zero-order valence-corrected chi connectivity index (χ0v) is 14.2. The molecule has 128 valence electrons. The first-order chi connectivity index (χ1) is 11.7. The molecule has 24 heavy (non-hydrogen) atoms. The summed E-state index contributed by atoms with van der Waals surface area (Å²) in [4.78, 5) is 6.86. The van der Waals surface area contributed by atoms with Crippen LogP contribution < -0.4 is 4.74 Å². The Kier molecular flexibility index (Phi) is 5.43. The molecule has 4 nitrogen and oxygen atoms in total. The monoisotopic (exact) mass is 330 g/mol. The molecule has 2 aromatic rings. The highest BCUT2D eigenvalue weighted by molar-refractivity contribution is 5.64. The number of nitrogens with zero attached hydrogens (tertiary/aromatic N) is 2. The van der Waals surface area contributed by atoms with E-state index in [9.17, 15) is 4.39 Å². The number of pyridine rings is 1. The molecule has 0 aliphatic carbocycles. The van der Waals surface area contributed by atoms with Crippen molar-refractivity contribution >= 4 is 0 Å². The van der Waals surface area contributed by atoms with Crippen LogP contribution in [0, 0.1) is 5.82 Å². The first kappa shape index (κ1) is 16.9. The van der Waals surface area contributed by atoms with Gasteiger partial charge in [0.2, 0.25) is 0 Å². The standard InChI is InChI=1S/C19H23FN2O2/c1-23-16-6-4-10-22(13-16)12-15-5-3-9-21-19(15)14-7-8-18(24-2)17(20)11-14/h3,5,7-9,11,16H,4,6,10,12-13H2,1-2H3. The second-order valence-electron chi connectivity index (χ2n) is 6.10. The second-order valence-corrected chi connectivity index (χ2v) is 6.10. The molecule has 5 heteroatoms. The summed E-state index contributed by atoms with van der Waals surface area (Å²) in [7, 11) is 3.23. The van der Waals surface area contributed by atoms with Crippen LogP contribution >= 0.6 is 0 Å². The Morgan fingerprint density at radius 3 is 2.92 bits per heavy atom. The Balaban J connectivity index is 1.84. The van der Waals surface area contributed by atoms with E-state index in [1.807, 2.05) is 12.1 Å². The number of methoxy groups -OCH3 is 2. The molecule has 0 amide bonds. The van der Waals surface area contributed by atoms with Gasteiger partial charge in [-0.2, -0.15) is 0 Å². The van der Waals surface area contributed by atoms with Crippen molar-refractivity contribution in [3.05, 3.63) is 47.9 Å². The van der Waals surface area contributed by atoms with Crippen LogP contribution in [-0.4, -0.2) is 43.3 Å². The molecular formula is C19H23FN2O2. The molecule has 1 aliphatic rings. The largest absolute Gasteiger partial charge is 0.494 e. The zero-order chi connectivity index (χ0) is 16.9. The van der Waals surface area contributed by atoms with Crippen LogP contribution in [0.1, 0.15) is 18.4 Å². The summed E-state index contributed by atoms with van der Waals surface area (Å²) in [5, 5.41) is 0. The third-order valence-corrected chi connectivity index (χ3v) is 4.51. The summed E-state index contributed by atoms with van der Waals surface area (Å²) in [6, 6.07) is 8.96. The van der Waals surface area contributed by atoms with Crippen LogP contribution in [0.3, 0.4) is 0 Å². The van der Waals surface area contributed by atoms with Crippen molar-refractivity contribution in [3.63, 3.8) is 0 Å².